The maximum atomic E-state index is 9.22. The third-order valence-electron chi connectivity index (χ3n) is 3.29. The van der Waals surface area contributed by atoms with Gasteiger partial charge in [-0.05, 0) is 26.7 Å². The molecule has 0 spiro atoms. The van der Waals surface area contributed by atoms with E-state index in [-0.39, 0.29) is 24.7 Å². The Kier molecular flexibility index (Phi) is 9.31. The zero-order chi connectivity index (χ0) is 17.1. The largest absolute Gasteiger partial charge is 0.486 e. The molecule has 4 N–H and O–H groups in total. The number of nitrogens with zero attached hydrogens (tertiary/aromatic N) is 2. The summed E-state index contributed by atoms with van der Waals surface area (Å²) in [4.78, 5) is 8.21. The van der Waals surface area contributed by atoms with E-state index in [1.807, 2.05) is 13.8 Å². The van der Waals surface area contributed by atoms with Gasteiger partial charge in [-0.3, -0.25) is 0 Å². The van der Waals surface area contributed by atoms with E-state index in [9.17, 15) is 5.11 Å². The fourth-order valence-electron chi connectivity index (χ4n) is 2.12. The Bertz CT molecular complexity index is 443. The van der Waals surface area contributed by atoms with Crippen molar-refractivity contribution < 1.29 is 14.6 Å². The van der Waals surface area contributed by atoms with Gasteiger partial charge in [-0.15, -0.1) is 0 Å². The quantitative estimate of drug-likeness (QED) is 0.506. The lowest BCUT2D eigenvalue weighted by Crippen LogP contribution is -2.23. The van der Waals surface area contributed by atoms with Gasteiger partial charge in [0.2, 0.25) is 5.95 Å². The molecule has 0 radical (unpaired) electrons. The Hall–Kier alpha value is -1.60. The van der Waals surface area contributed by atoms with Gasteiger partial charge in [0, 0.05) is 12.6 Å². The Morgan fingerprint density at radius 2 is 2.09 bits per heavy atom. The molecule has 1 heterocycles. The summed E-state index contributed by atoms with van der Waals surface area (Å²) >= 11 is 0. The smallest absolute Gasteiger partial charge is 0.222 e. The summed E-state index contributed by atoms with van der Waals surface area (Å²) in [5.41, 5.74) is 5.68. The normalized spacial score (nSPS) is 12.4. The van der Waals surface area contributed by atoms with Crippen molar-refractivity contribution in [1.29, 1.82) is 0 Å². The molecular weight excluding hydrogens is 296 g/mol. The highest BCUT2D eigenvalue weighted by Gasteiger charge is 2.13. The number of ether oxygens (including phenoxy) is 2. The van der Waals surface area contributed by atoms with Gasteiger partial charge in [0.15, 0.2) is 11.6 Å². The number of nitrogen functional groups attached to an aromatic ring is 1. The fraction of sp³-hybridized carbons (Fsp3) is 0.750. The molecule has 0 aliphatic rings. The van der Waals surface area contributed by atoms with Crippen molar-refractivity contribution >= 4 is 11.8 Å². The molecule has 0 aliphatic carbocycles. The number of unbranched alkanes of at least 4 members (excludes halogenated alkanes) is 1. The first-order valence-electron chi connectivity index (χ1n) is 8.31. The molecule has 0 fully saturated rings. The van der Waals surface area contributed by atoms with Gasteiger partial charge in [-0.1, -0.05) is 19.8 Å². The molecule has 0 saturated carbocycles. The zero-order valence-corrected chi connectivity index (χ0v) is 14.4. The number of rotatable bonds is 12. The van der Waals surface area contributed by atoms with Crippen molar-refractivity contribution in [2.24, 2.45) is 0 Å². The van der Waals surface area contributed by atoms with E-state index < -0.39 is 0 Å². The number of nitrogens with two attached hydrogens (primary N) is 1. The van der Waals surface area contributed by atoms with E-state index >= 15 is 0 Å². The SMILES string of the molecule is CCCC[C@H](CCO)Nc1nc(N)ncc1OCCOC(C)C. The van der Waals surface area contributed by atoms with Crippen molar-refractivity contribution in [3.8, 4) is 5.75 Å². The van der Waals surface area contributed by atoms with Crippen LogP contribution in [0.2, 0.25) is 0 Å². The molecule has 0 aliphatic heterocycles. The minimum atomic E-state index is 0.125. The van der Waals surface area contributed by atoms with Crippen LogP contribution in [-0.2, 0) is 4.74 Å². The lowest BCUT2D eigenvalue weighted by molar-refractivity contribution is 0.0553. The van der Waals surface area contributed by atoms with Crippen LogP contribution in [-0.4, -0.2) is 47.0 Å². The third kappa shape index (κ3) is 7.99. The van der Waals surface area contributed by atoms with Gasteiger partial charge in [-0.2, -0.15) is 4.98 Å². The first kappa shape index (κ1) is 19.4. The lowest BCUT2D eigenvalue weighted by atomic mass is 10.1. The van der Waals surface area contributed by atoms with Crippen molar-refractivity contribution in [2.45, 2.75) is 58.6 Å². The molecule has 132 valence electrons. The van der Waals surface area contributed by atoms with E-state index in [4.69, 9.17) is 15.2 Å². The summed E-state index contributed by atoms with van der Waals surface area (Å²) < 4.78 is 11.2. The summed E-state index contributed by atoms with van der Waals surface area (Å²) in [7, 11) is 0. The maximum absolute atomic E-state index is 9.22. The summed E-state index contributed by atoms with van der Waals surface area (Å²) in [5.74, 6) is 1.30. The number of aromatic nitrogens is 2. The second kappa shape index (κ2) is 11.0. The maximum Gasteiger partial charge on any atom is 0.222 e. The van der Waals surface area contributed by atoms with E-state index in [1.54, 1.807) is 6.20 Å². The van der Waals surface area contributed by atoms with E-state index in [1.165, 1.54) is 0 Å². The number of aliphatic hydroxyl groups excluding tert-OH is 1. The van der Waals surface area contributed by atoms with Crippen molar-refractivity contribution in [3.63, 3.8) is 0 Å². The van der Waals surface area contributed by atoms with Gasteiger partial charge < -0.3 is 25.6 Å². The van der Waals surface area contributed by atoms with Crippen LogP contribution >= 0.6 is 0 Å². The lowest BCUT2D eigenvalue weighted by Gasteiger charge is -2.20. The first-order chi connectivity index (χ1) is 11.1. The standard InChI is InChI=1S/C16H30N4O3/c1-4-5-6-13(7-8-21)19-15-14(11-18-16(17)20-15)23-10-9-22-12(2)3/h11-13,21H,4-10H2,1-3H3,(H3,17,18,19,20)/t13-/m1/s1. The second-order valence-corrected chi connectivity index (χ2v) is 5.70. The fourth-order valence-corrected chi connectivity index (χ4v) is 2.12. The molecule has 0 bridgehead atoms. The van der Waals surface area contributed by atoms with Crippen LogP contribution in [0.1, 0.15) is 46.5 Å². The Labute approximate surface area is 138 Å². The molecule has 1 aromatic rings. The van der Waals surface area contributed by atoms with Gasteiger partial charge in [0.25, 0.3) is 0 Å². The van der Waals surface area contributed by atoms with E-state index in [0.29, 0.717) is 31.2 Å². The molecular formula is C16H30N4O3. The van der Waals surface area contributed by atoms with E-state index in [0.717, 1.165) is 19.3 Å². The van der Waals surface area contributed by atoms with E-state index in [2.05, 4.69) is 22.2 Å². The van der Waals surface area contributed by atoms with Crippen LogP contribution < -0.4 is 15.8 Å². The van der Waals surface area contributed by atoms with Crippen LogP contribution in [0.15, 0.2) is 6.20 Å². The molecule has 7 nitrogen and oxygen atoms in total. The van der Waals surface area contributed by atoms with Crippen LogP contribution in [0, 0.1) is 0 Å². The number of anilines is 2. The topological polar surface area (TPSA) is 103 Å². The highest BCUT2D eigenvalue weighted by molar-refractivity contribution is 5.51. The first-order valence-corrected chi connectivity index (χ1v) is 8.31. The number of nitrogens with one attached hydrogen (secondary N) is 1. The van der Waals surface area contributed by atoms with Crippen molar-refractivity contribution in [3.05, 3.63) is 6.20 Å². The minimum absolute atomic E-state index is 0.125. The summed E-state index contributed by atoms with van der Waals surface area (Å²) in [6, 6.07) is 0.128. The van der Waals surface area contributed by atoms with Crippen molar-refractivity contribution in [2.75, 3.05) is 30.9 Å². The molecule has 0 saturated heterocycles. The highest BCUT2D eigenvalue weighted by Crippen LogP contribution is 2.24. The summed E-state index contributed by atoms with van der Waals surface area (Å²) in [6.07, 6.45) is 5.52. The van der Waals surface area contributed by atoms with Crippen LogP contribution in [0.4, 0.5) is 11.8 Å². The monoisotopic (exact) mass is 326 g/mol. The Morgan fingerprint density at radius 1 is 1.30 bits per heavy atom. The molecule has 7 heteroatoms. The molecule has 23 heavy (non-hydrogen) atoms. The molecule has 1 aromatic heterocycles. The predicted octanol–water partition coefficient (Wildman–Crippen LogP) is 2.22. The van der Waals surface area contributed by atoms with Gasteiger partial charge in [0.1, 0.15) is 6.61 Å². The molecule has 0 amide bonds. The Balaban J connectivity index is 2.68. The average Bonchev–Trinajstić information content (AvgIpc) is 2.51. The zero-order valence-electron chi connectivity index (χ0n) is 14.4. The average molecular weight is 326 g/mol. The molecule has 0 aromatic carbocycles. The summed E-state index contributed by atoms with van der Waals surface area (Å²) in [6.45, 7) is 7.14. The third-order valence-corrected chi connectivity index (χ3v) is 3.29. The van der Waals surface area contributed by atoms with Crippen molar-refractivity contribution in [1.82, 2.24) is 9.97 Å². The Morgan fingerprint density at radius 3 is 2.74 bits per heavy atom. The molecule has 1 rings (SSSR count). The molecule has 1 atom stereocenters. The predicted molar refractivity (Wildman–Crippen MR) is 91.7 cm³/mol. The van der Waals surface area contributed by atoms with Crippen LogP contribution in [0.5, 0.6) is 5.75 Å². The van der Waals surface area contributed by atoms with Gasteiger partial charge >= 0.3 is 0 Å². The minimum Gasteiger partial charge on any atom is -0.486 e. The van der Waals surface area contributed by atoms with Gasteiger partial charge in [0.05, 0.1) is 18.9 Å². The highest BCUT2D eigenvalue weighted by atomic mass is 16.5. The number of hydrogen-bond donors (Lipinski definition) is 3. The van der Waals surface area contributed by atoms with Gasteiger partial charge in [-0.25, -0.2) is 4.98 Å². The number of aliphatic hydroxyl groups is 1. The second-order valence-electron chi connectivity index (χ2n) is 5.70. The summed E-state index contributed by atoms with van der Waals surface area (Å²) in [5, 5.41) is 12.5. The number of hydrogen-bond acceptors (Lipinski definition) is 7. The van der Waals surface area contributed by atoms with Crippen LogP contribution in [0.25, 0.3) is 0 Å². The molecule has 0 unspecified atom stereocenters. The van der Waals surface area contributed by atoms with Crippen LogP contribution in [0.3, 0.4) is 0 Å².